The van der Waals surface area contributed by atoms with Gasteiger partial charge in [0.2, 0.25) is 0 Å². The minimum absolute atomic E-state index is 0.0365. The molecule has 0 aliphatic carbocycles. The first-order chi connectivity index (χ1) is 8.15. The van der Waals surface area contributed by atoms with Gasteiger partial charge >= 0.3 is 0 Å². The number of phenolic OH excluding ortho intramolecular Hbond substituents is 1. The Morgan fingerprint density at radius 3 is 2.88 bits per heavy atom. The summed E-state index contributed by atoms with van der Waals surface area (Å²) in [7, 11) is 0. The molecule has 0 aliphatic heterocycles. The van der Waals surface area contributed by atoms with E-state index in [1.54, 1.807) is 17.4 Å². The Morgan fingerprint density at radius 2 is 2.24 bits per heavy atom. The van der Waals surface area contributed by atoms with Gasteiger partial charge in [-0.05, 0) is 36.1 Å². The maximum absolute atomic E-state index is 13.0. The van der Waals surface area contributed by atoms with Crippen LogP contribution in [0.2, 0.25) is 0 Å². The van der Waals surface area contributed by atoms with E-state index >= 15 is 0 Å². The van der Waals surface area contributed by atoms with Crippen LogP contribution in [0, 0.1) is 5.82 Å². The number of benzene rings is 1. The molecule has 0 bridgehead atoms. The Labute approximate surface area is 104 Å². The average Bonchev–Trinajstić information content (AvgIpc) is 2.78. The highest BCUT2D eigenvalue weighted by Gasteiger charge is 2.06. The van der Waals surface area contributed by atoms with Crippen LogP contribution in [-0.2, 0) is 6.54 Å². The number of nitrogens with one attached hydrogen (secondary N) is 1. The molecule has 1 heterocycles. The summed E-state index contributed by atoms with van der Waals surface area (Å²) in [6.07, 6.45) is 0. The van der Waals surface area contributed by atoms with Gasteiger partial charge < -0.3 is 10.4 Å². The van der Waals surface area contributed by atoms with E-state index in [2.05, 4.69) is 18.3 Å². The molecule has 0 aliphatic rings. The molecular weight excluding hydrogens is 237 g/mol. The standard InChI is InChI=1S/C13H14FNOS/c1-9(13-3-2-4-17-13)15-8-10-5-11(14)7-12(16)6-10/h2-7,9,15-16H,8H2,1H3. The number of phenols is 1. The van der Waals surface area contributed by atoms with Crippen molar-refractivity contribution in [2.24, 2.45) is 0 Å². The molecule has 90 valence electrons. The van der Waals surface area contributed by atoms with Crippen molar-refractivity contribution in [3.63, 3.8) is 0 Å². The summed E-state index contributed by atoms with van der Waals surface area (Å²) in [4.78, 5) is 1.24. The lowest BCUT2D eigenvalue weighted by molar-refractivity contribution is 0.466. The van der Waals surface area contributed by atoms with Crippen molar-refractivity contribution in [3.05, 3.63) is 52.0 Å². The van der Waals surface area contributed by atoms with E-state index < -0.39 is 5.82 Å². The highest BCUT2D eigenvalue weighted by Crippen LogP contribution is 2.19. The summed E-state index contributed by atoms with van der Waals surface area (Å²) in [5.41, 5.74) is 0.742. The topological polar surface area (TPSA) is 32.3 Å². The van der Waals surface area contributed by atoms with Crippen molar-refractivity contribution in [2.45, 2.75) is 19.5 Å². The van der Waals surface area contributed by atoms with Crippen LogP contribution < -0.4 is 5.32 Å². The number of halogens is 1. The maximum Gasteiger partial charge on any atom is 0.127 e. The van der Waals surface area contributed by atoms with Gasteiger partial charge in [-0.15, -0.1) is 11.3 Å². The Balaban J connectivity index is 1.98. The van der Waals surface area contributed by atoms with Crippen LogP contribution in [0.25, 0.3) is 0 Å². The van der Waals surface area contributed by atoms with E-state index in [0.29, 0.717) is 6.54 Å². The number of thiophene rings is 1. The second kappa shape index (κ2) is 5.29. The molecule has 4 heteroatoms. The SMILES string of the molecule is CC(NCc1cc(O)cc(F)c1)c1cccs1. The van der Waals surface area contributed by atoms with Crippen molar-refractivity contribution in [1.29, 1.82) is 0 Å². The molecular formula is C13H14FNOS. The van der Waals surface area contributed by atoms with Gasteiger partial charge in [-0.25, -0.2) is 4.39 Å². The number of rotatable bonds is 4. The van der Waals surface area contributed by atoms with E-state index in [9.17, 15) is 9.50 Å². The third-order valence-corrected chi connectivity index (χ3v) is 3.58. The third kappa shape index (κ3) is 3.28. The number of hydrogen-bond donors (Lipinski definition) is 2. The van der Waals surface area contributed by atoms with Gasteiger partial charge in [-0.2, -0.15) is 0 Å². The van der Waals surface area contributed by atoms with Crippen molar-refractivity contribution >= 4 is 11.3 Å². The van der Waals surface area contributed by atoms with Crippen LogP contribution >= 0.6 is 11.3 Å². The van der Waals surface area contributed by atoms with Crippen molar-refractivity contribution < 1.29 is 9.50 Å². The van der Waals surface area contributed by atoms with Crippen molar-refractivity contribution in [2.75, 3.05) is 0 Å². The van der Waals surface area contributed by atoms with Gasteiger partial charge in [0, 0.05) is 23.5 Å². The lowest BCUT2D eigenvalue weighted by Crippen LogP contribution is -2.17. The van der Waals surface area contributed by atoms with E-state index in [4.69, 9.17) is 0 Å². The minimum Gasteiger partial charge on any atom is -0.508 e. The molecule has 2 N–H and O–H groups in total. The zero-order valence-electron chi connectivity index (χ0n) is 9.48. The van der Waals surface area contributed by atoms with Crippen molar-refractivity contribution in [1.82, 2.24) is 5.32 Å². The molecule has 1 aromatic heterocycles. The van der Waals surface area contributed by atoms with Gasteiger partial charge in [0.05, 0.1) is 0 Å². The largest absolute Gasteiger partial charge is 0.508 e. The highest BCUT2D eigenvalue weighted by atomic mass is 32.1. The number of hydrogen-bond acceptors (Lipinski definition) is 3. The molecule has 0 saturated carbocycles. The molecule has 2 rings (SSSR count). The van der Waals surface area contributed by atoms with Crippen LogP contribution in [0.5, 0.6) is 5.75 Å². The average molecular weight is 251 g/mol. The fourth-order valence-corrected chi connectivity index (χ4v) is 2.40. The Hall–Kier alpha value is -1.39. The third-order valence-electron chi connectivity index (χ3n) is 2.52. The van der Waals surface area contributed by atoms with E-state index in [1.807, 2.05) is 11.4 Å². The van der Waals surface area contributed by atoms with E-state index in [-0.39, 0.29) is 11.8 Å². The second-order valence-corrected chi connectivity index (χ2v) is 4.91. The molecule has 0 fully saturated rings. The second-order valence-electron chi connectivity index (χ2n) is 3.94. The first-order valence-electron chi connectivity index (χ1n) is 5.40. The fourth-order valence-electron chi connectivity index (χ4n) is 1.64. The summed E-state index contributed by atoms with van der Waals surface area (Å²) in [5.74, 6) is -0.448. The van der Waals surface area contributed by atoms with Gasteiger partial charge in [0.15, 0.2) is 0 Å². The van der Waals surface area contributed by atoms with Crippen LogP contribution in [-0.4, -0.2) is 5.11 Å². The Kier molecular flexibility index (Phi) is 3.76. The minimum atomic E-state index is -0.412. The first kappa shape index (κ1) is 12.1. The zero-order chi connectivity index (χ0) is 12.3. The molecule has 1 unspecified atom stereocenters. The monoisotopic (exact) mass is 251 g/mol. The predicted octanol–water partition coefficient (Wildman–Crippen LogP) is 3.44. The molecule has 0 radical (unpaired) electrons. The molecule has 17 heavy (non-hydrogen) atoms. The van der Waals surface area contributed by atoms with Crippen LogP contribution in [0.15, 0.2) is 35.7 Å². The Morgan fingerprint density at radius 1 is 1.41 bits per heavy atom. The zero-order valence-corrected chi connectivity index (χ0v) is 10.3. The van der Waals surface area contributed by atoms with E-state index in [1.165, 1.54) is 10.9 Å². The van der Waals surface area contributed by atoms with Gasteiger partial charge in [0.1, 0.15) is 11.6 Å². The van der Waals surface area contributed by atoms with Crippen molar-refractivity contribution in [3.8, 4) is 5.75 Å². The van der Waals surface area contributed by atoms with Crippen LogP contribution in [0.1, 0.15) is 23.4 Å². The smallest absolute Gasteiger partial charge is 0.127 e. The maximum atomic E-state index is 13.0. The summed E-state index contributed by atoms with van der Waals surface area (Å²) < 4.78 is 13.0. The van der Waals surface area contributed by atoms with Crippen LogP contribution in [0.3, 0.4) is 0 Å². The summed E-state index contributed by atoms with van der Waals surface area (Å²) >= 11 is 1.69. The van der Waals surface area contributed by atoms with Gasteiger partial charge in [-0.1, -0.05) is 6.07 Å². The normalized spacial score (nSPS) is 12.6. The van der Waals surface area contributed by atoms with Gasteiger partial charge in [0.25, 0.3) is 0 Å². The lowest BCUT2D eigenvalue weighted by atomic mass is 10.2. The Bertz CT molecular complexity index is 464. The van der Waals surface area contributed by atoms with Gasteiger partial charge in [-0.3, -0.25) is 0 Å². The molecule has 1 aromatic carbocycles. The fraction of sp³-hybridized carbons (Fsp3) is 0.231. The molecule has 1 atom stereocenters. The van der Waals surface area contributed by atoms with Crippen LogP contribution in [0.4, 0.5) is 4.39 Å². The predicted molar refractivity (Wildman–Crippen MR) is 67.6 cm³/mol. The highest BCUT2D eigenvalue weighted by molar-refractivity contribution is 7.10. The molecule has 0 saturated heterocycles. The molecule has 0 amide bonds. The molecule has 2 nitrogen and oxygen atoms in total. The molecule has 0 spiro atoms. The molecule has 2 aromatic rings. The quantitative estimate of drug-likeness (QED) is 0.872. The first-order valence-corrected chi connectivity index (χ1v) is 6.28. The summed E-state index contributed by atoms with van der Waals surface area (Å²) in [6, 6.07) is 8.38. The lowest BCUT2D eigenvalue weighted by Gasteiger charge is -2.12. The summed E-state index contributed by atoms with van der Waals surface area (Å²) in [5, 5.41) is 14.6. The summed E-state index contributed by atoms with van der Waals surface area (Å²) in [6.45, 7) is 2.59. The van der Waals surface area contributed by atoms with E-state index in [0.717, 1.165) is 11.6 Å². The number of aromatic hydroxyl groups is 1.